The van der Waals surface area contributed by atoms with Crippen molar-refractivity contribution in [3.8, 4) is 0 Å². The zero-order valence-electron chi connectivity index (χ0n) is 11.9. The highest BCUT2D eigenvalue weighted by Crippen LogP contribution is 2.19. The van der Waals surface area contributed by atoms with E-state index in [4.69, 9.17) is 0 Å². The molecule has 0 fully saturated rings. The minimum Gasteiger partial charge on any atom is -0.326 e. The molecule has 100 valence electrons. The lowest BCUT2D eigenvalue weighted by atomic mass is 9.97. The molecule has 0 spiro atoms. The Labute approximate surface area is 110 Å². The van der Waals surface area contributed by atoms with Crippen molar-refractivity contribution in [2.45, 2.75) is 33.7 Å². The molecule has 1 aromatic rings. The first-order valence-electron chi connectivity index (χ1n) is 6.53. The lowest BCUT2D eigenvalue weighted by Crippen LogP contribution is -2.24. The molecule has 2 atom stereocenters. The smallest absolute Gasteiger partial charge is 0.227 e. The van der Waals surface area contributed by atoms with E-state index >= 15 is 0 Å². The SMILES string of the molecule is CNC(C)c1cccc(NC(=O)C(C)C(C)C)c1. The van der Waals surface area contributed by atoms with E-state index in [1.54, 1.807) is 0 Å². The molecule has 1 rings (SSSR count). The number of benzene rings is 1. The molecular formula is C15H24N2O. The van der Waals surface area contributed by atoms with E-state index in [2.05, 4.69) is 37.5 Å². The maximum atomic E-state index is 12.0. The van der Waals surface area contributed by atoms with Crippen LogP contribution >= 0.6 is 0 Å². The van der Waals surface area contributed by atoms with Crippen LogP contribution in [0.25, 0.3) is 0 Å². The second kappa shape index (κ2) is 6.55. The quantitative estimate of drug-likeness (QED) is 0.840. The first kappa shape index (κ1) is 14.7. The second-order valence-corrected chi connectivity index (χ2v) is 5.16. The standard InChI is InChI=1S/C15H24N2O/c1-10(2)11(3)15(18)17-14-8-6-7-13(9-14)12(4)16-5/h6-12,16H,1-5H3,(H,17,18). The van der Waals surface area contributed by atoms with E-state index in [-0.39, 0.29) is 17.9 Å². The van der Waals surface area contributed by atoms with Gasteiger partial charge in [-0.25, -0.2) is 0 Å². The van der Waals surface area contributed by atoms with Crippen molar-refractivity contribution in [1.29, 1.82) is 0 Å². The Morgan fingerprint density at radius 2 is 1.83 bits per heavy atom. The summed E-state index contributed by atoms with van der Waals surface area (Å²) in [6.07, 6.45) is 0. The molecule has 0 saturated carbocycles. The molecule has 1 aromatic carbocycles. The second-order valence-electron chi connectivity index (χ2n) is 5.16. The molecule has 18 heavy (non-hydrogen) atoms. The van der Waals surface area contributed by atoms with Gasteiger partial charge in [0.25, 0.3) is 0 Å². The monoisotopic (exact) mass is 248 g/mol. The molecule has 0 aliphatic carbocycles. The summed E-state index contributed by atoms with van der Waals surface area (Å²) in [4.78, 5) is 12.0. The van der Waals surface area contributed by atoms with Crippen molar-refractivity contribution >= 4 is 11.6 Å². The minimum absolute atomic E-state index is 0.0235. The summed E-state index contributed by atoms with van der Waals surface area (Å²) in [6.45, 7) is 8.17. The fraction of sp³-hybridized carbons (Fsp3) is 0.533. The molecule has 0 aromatic heterocycles. The van der Waals surface area contributed by atoms with E-state index in [0.717, 1.165) is 5.69 Å². The number of carbonyl (C=O) groups excluding carboxylic acids is 1. The van der Waals surface area contributed by atoms with Crippen molar-refractivity contribution in [2.24, 2.45) is 11.8 Å². The van der Waals surface area contributed by atoms with Gasteiger partial charge in [0, 0.05) is 17.6 Å². The summed E-state index contributed by atoms with van der Waals surface area (Å²) in [5.41, 5.74) is 2.04. The van der Waals surface area contributed by atoms with Crippen LogP contribution in [0.2, 0.25) is 0 Å². The minimum atomic E-state index is 0.0235. The summed E-state index contributed by atoms with van der Waals surface area (Å²) >= 11 is 0. The highest BCUT2D eigenvalue weighted by atomic mass is 16.1. The average Bonchev–Trinajstić information content (AvgIpc) is 2.36. The Morgan fingerprint density at radius 1 is 1.17 bits per heavy atom. The Hall–Kier alpha value is -1.35. The zero-order valence-corrected chi connectivity index (χ0v) is 11.9. The van der Waals surface area contributed by atoms with Crippen LogP contribution in [-0.4, -0.2) is 13.0 Å². The molecule has 0 aliphatic rings. The molecule has 3 nitrogen and oxygen atoms in total. The Morgan fingerprint density at radius 3 is 2.39 bits per heavy atom. The third kappa shape index (κ3) is 3.84. The van der Waals surface area contributed by atoms with Gasteiger partial charge < -0.3 is 10.6 Å². The lowest BCUT2D eigenvalue weighted by Gasteiger charge is -2.17. The van der Waals surface area contributed by atoms with E-state index < -0.39 is 0 Å². The molecule has 0 aliphatic heterocycles. The number of rotatable bonds is 5. The number of hydrogen-bond acceptors (Lipinski definition) is 2. The maximum absolute atomic E-state index is 12.0. The van der Waals surface area contributed by atoms with Crippen LogP contribution in [0.3, 0.4) is 0 Å². The summed E-state index contributed by atoms with van der Waals surface area (Å²) in [6, 6.07) is 8.26. The molecule has 0 radical (unpaired) electrons. The third-order valence-electron chi connectivity index (χ3n) is 3.50. The third-order valence-corrected chi connectivity index (χ3v) is 3.50. The Kier molecular flexibility index (Phi) is 5.35. The van der Waals surface area contributed by atoms with E-state index in [0.29, 0.717) is 5.92 Å². The van der Waals surface area contributed by atoms with Crippen molar-refractivity contribution in [3.63, 3.8) is 0 Å². The summed E-state index contributed by atoms with van der Waals surface area (Å²) in [5, 5.41) is 6.17. The largest absolute Gasteiger partial charge is 0.326 e. The predicted molar refractivity (Wildman–Crippen MR) is 76.5 cm³/mol. The van der Waals surface area contributed by atoms with Gasteiger partial charge in [0.15, 0.2) is 0 Å². The number of hydrogen-bond donors (Lipinski definition) is 2. The van der Waals surface area contributed by atoms with Crippen molar-refractivity contribution in [2.75, 3.05) is 12.4 Å². The van der Waals surface area contributed by atoms with E-state index in [1.807, 2.05) is 32.2 Å². The predicted octanol–water partition coefficient (Wildman–Crippen LogP) is 3.20. The summed E-state index contributed by atoms with van der Waals surface area (Å²) in [5.74, 6) is 0.457. The van der Waals surface area contributed by atoms with E-state index in [9.17, 15) is 4.79 Å². The van der Waals surface area contributed by atoms with E-state index in [1.165, 1.54) is 5.56 Å². The van der Waals surface area contributed by atoms with Crippen LogP contribution in [0.15, 0.2) is 24.3 Å². The van der Waals surface area contributed by atoms with Gasteiger partial charge in [0.2, 0.25) is 5.91 Å². The number of nitrogens with one attached hydrogen (secondary N) is 2. The highest BCUT2D eigenvalue weighted by Gasteiger charge is 2.16. The van der Waals surface area contributed by atoms with Gasteiger partial charge >= 0.3 is 0 Å². The van der Waals surface area contributed by atoms with Gasteiger partial charge in [0.1, 0.15) is 0 Å². The first-order chi connectivity index (χ1) is 8.45. The number of anilines is 1. The van der Waals surface area contributed by atoms with Gasteiger partial charge in [-0.05, 0) is 37.6 Å². The fourth-order valence-electron chi connectivity index (χ4n) is 1.61. The lowest BCUT2D eigenvalue weighted by molar-refractivity contribution is -0.120. The number of carbonyl (C=O) groups is 1. The Balaban J connectivity index is 2.76. The van der Waals surface area contributed by atoms with Crippen molar-refractivity contribution in [3.05, 3.63) is 29.8 Å². The summed E-state index contributed by atoms with van der Waals surface area (Å²) in [7, 11) is 1.93. The van der Waals surface area contributed by atoms with Gasteiger partial charge in [-0.1, -0.05) is 32.9 Å². The molecule has 3 heteroatoms. The molecule has 2 unspecified atom stereocenters. The molecule has 0 saturated heterocycles. The van der Waals surface area contributed by atoms with Gasteiger partial charge in [-0.15, -0.1) is 0 Å². The fourth-order valence-corrected chi connectivity index (χ4v) is 1.61. The number of amides is 1. The van der Waals surface area contributed by atoms with Crippen molar-refractivity contribution < 1.29 is 4.79 Å². The molecule has 0 bridgehead atoms. The molecule has 1 amide bonds. The van der Waals surface area contributed by atoms with Crippen LogP contribution < -0.4 is 10.6 Å². The van der Waals surface area contributed by atoms with Crippen LogP contribution in [0.1, 0.15) is 39.3 Å². The Bertz CT molecular complexity index is 401. The van der Waals surface area contributed by atoms with Gasteiger partial charge in [-0.2, -0.15) is 0 Å². The zero-order chi connectivity index (χ0) is 13.7. The highest BCUT2D eigenvalue weighted by molar-refractivity contribution is 5.92. The molecule has 2 N–H and O–H groups in total. The normalized spacial score (nSPS) is 14.3. The maximum Gasteiger partial charge on any atom is 0.227 e. The van der Waals surface area contributed by atoms with Gasteiger partial charge in [-0.3, -0.25) is 4.79 Å². The van der Waals surface area contributed by atoms with Crippen molar-refractivity contribution in [1.82, 2.24) is 5.32 Å². The van der Waals surface area contributed by atoms with Crippen LogP contribution in [0.4, 0.5) is 5.69 Å². The van der Waals surface area contributed by atoms with Crippen LogP contribution in [-0.2, 0) is 4.79 Å². The van der Waals surface area contributed by atoms with Crippen LogP contribution in [0, 0.1) is 11.8 Å². The summed E-state index contributed by atoms with van der Waals surface area (Å²) < 4.78 is 0. The topological polar surface area (TPSA) is 41.1 Å². The first-order valence-corrected chi connectivity index (χ1v) is 6.53. The molecule has 0 heterocycles. The van der Waals surface area contributed by atoms with Gasteiger partial charge in [0.05, 0.1) is 0 Å². The van der Waals surface area contributed by atoms with Crippen LogP contribution in [0.5, 0.6) is 0 Å². The average molecular weight is 248 g/mol. The molecular weight excluding hydrogens is 224 g/mol.